The third kappa shape index (κ3) is 1.99. The first kappa shape index (κ1) is 10.9. The fourth-order valence-electron chi connectivity index (χ4n) is 1.77. The van der Waals surface area contributed by atoms with E-state index in [-0.39, 0.29) is 0 Å². The molecule has 5 heteroatoms. The molecule has 1 atom stereocenters. The molecular weight excluding hydrogens is 202 g/mol. The summed E-state index contributed by atoms with van der Waals surface area (Å²) in [5.41, 5.74) is 6.65. The highest BCUT2D eigenvalue weighted by molar-refractivity contribution is 5.67. The molecule has 2 N–H and O–H groups in total. The molecule has 0 spiro atoms. The number of nitrogens with two attached hydrogens (primary N) is 1. The Hall–Kier alpha value is -1.62. The first-order valence-corrected chi connectivity index (χ1v) is 5.42. The van der Waals surface area contributed by atoms with Gasteiger partial charge in [0.15, 0.2) is 5.82 Å². The third-order valence-electron chi connectivity index (χ3n) is 2.65. The molecule has 0 aliphatic rings. The molecule has 1 unspecified atom stereocenters. The van der Waals surface area contributed by atoms with Crippen molar-refractivity contribution in [1.82, 2.24) is 14.6 Å². The Labute approximate surface area is 94.9 Å². The van der Waals surface area contributed by atoms with E-state index in [0.29, 0.717) is 12.5 Å². The zero-order valence-corrected chi connectivity index (χ0v) is 9.67. The lowest BCUT2D eigenvalue weighted by atomic mass is 10.2. The molecule has 2 rings (SSSR count). The van der Waals surface area contributed by atoms with E-state index in [1.165, 1.54) is 0 Å². The van der Waals surface area contributed by atoms with Gasteiger partial charge in [0.05, 0.1) is 6.20 Å². The summed E-state index contributed by atoms with van der Waals surface area (Å²) in [6.45, 7) is 3.72. The van der Waals surface area contributed by atoms with Crippen LogP contribution in [0.3, 0.4) is 0 Å². The second-order valence-electron chi connectivity index (χ2n) is 4.13. The SMILES string of the molecule is CC(CN)CN(C)c1nccn2nccc12. The van der Waals surface area contributed by atoms with Gasteiger partial charge in [-0.05, 0) is 18.5 Å². The second-order valence-corrected chi connectivity index (χ2v) is 4.13. The van der Waals surface area contributed by atoms with E-state index in [1.807, 2.05) is 23.8 Å². The van der Waals surface area contributed by atoms with E-state index in [4.69, 9.17) is 5.73 Å². The minimum absolute atomic E-state index is 0.454. The number of aromatic nitrogens is 3. The fraction of sp³-hybridized carbons (Fsp3) is 0.455. The summed E-state index contributed by atoms with van der Waals surface area (Å²) in [4.78, 5) is 6.51. The van der Waals surface area contributed by atoms with Crippen molar-refractivity contribution >= 4 is 11.3 Å². The van der Waals surface area contributed by atoms with Crippen molar-refractivity contribution in [3.05, 3.63) is 24.7 Å². The number of nitrogens with zero attached hydrogens (tertiary/aromatic N) is 4. The smallest absolute Gasteiger partial charge is 0.154 e. The summed E-state index contributed by atoms with van der Waals surface area (Å²) in [5.74, 6) is 1.40. The van der Waals surface area contributed by atoms with Crippen LogP contribution in [0.15, 0.2) is 24.7 Å². The van der Waals surface area contributed by atoms with E-state index in [2.05, 4.69) is 21.9 Å². The molecule has 0 fully saturated rings. The number of fused-ring (bicyclic) bond motifs is 1. The lowest BCUT2D eigenvalue weighted by Gasteiger charge is -2.22. The highest BCUT2D eigenvalue weighted by atomic mass is 15.3. The molecule has 0 saturated carbocycles. The maximum atomic E-state index is 5.63. The predicted molar refractivity (Wildman–Crippen MR) is 64.5 cm³/mol. The second kappa shape index (κ2) is 4.49. The average molecular weight is 219 g/mol. The van der Waals surface area contributed by atoms with Crippen molar-refractivity contribution in [1.29, 1.82) is 0 Å². The molecule has 0 bridgehead atoms. The van der Waals surface area contributed by atoms with Crippen molar-refractivity contribution in [2.75, 3.05) is 25.0 Å². The summed E-state index contributed by atoms with van der Waals surface area (Å²) in [5, 5.41) is 4.19. The molecule has 0 amide bonds. The van der Waals surface area contributed by atoms with Gasteiger partial charge in [0.1, 0.15) is 5.52 Å². The Morgan fingerprint density at radius 1 is 1.50 bits per heavy atom. The number of hydrogen-bond acceptors (Lipinski definition) is 4. The standard InChI is InChI=1S/C11H17N5/c1-9(7-12)8-15(2)11-10-3-4-14-16(10)6-5-13-11/h3-6,9H,7-8,12H2,1-2H3. The van der Waals surface area contributed by atoms with Crippen LogP contribution in [-0.2, 0) is 0 Å². The van der Waals surface area contributed by atoms with Gasteiger partial charge in [-0.2, -0.15) is 5.10 Å². The fourth-order valence-corrected chi connectivity index (χ4v) is 1.77. The first-order chi connectivity index (χ1) is 7.72. The van der Waals surface area contributed by atoms with Crippen LogP contribution in [0.4, 0.5) is 5.82 Å². The van der Waals surface area contributed by atoms with Gasteiger partial charge in [-0.1, -0.05) is 6.92 Å². The summed E-state index contributed by atoms with van der Waals surface area (Å²) in [7, 11) is 2.03. The van der Waals surface area contributed by atoms with Crippen molar-refractivity contribution < 1.29 is 0 Å². The Morgan fingerprint density at radius 2 is 2.31 bits per heavy atom. The monoisotopic (exact) mass is 219 g/mol. The highest BCUT2D eigenvalue weighted by Gasteiger charge is 2.10. The predicted octanol–water partition coefficient (Wildman–Crippen LogP) is 0.760. The lowest BCUT2D eigenvalue weighted by Crippen LogP contribution is -2.29. The van der Waals surface area contributed by atoms with E-state index < -0.39 is 0 Å². The maximum Gasteiger partial charge on any atom is 0.154 e. The van der Waals surface area contributed by atoms with E-state index in [1.54, 1.807) is 12.4 Å². The Balaban J connectivity index is 2.28. The van der Waals surface area contributed by atoms with Crippen molar-refractivity contribution in [3.63, 3.8) is 0 Å². The molecule has 2 aromatic heterocycles. The van der Waals surface area contributed by atoms with Gasteiger partial charge in [0.25, 0.3) is 0 Å². The summed E-state index contributed by atoms with van der Waals surface area (Å²) in [6.07, 6.45) is 5.39. The van der Waals surface area contributed by atoms with Gasteiger partial charge in [0.2, 0.25) is 0 Å². The molecule has 0 aliphatic heterocycles. The van der Waals surface area contributed by atoms with Gasteiger partial charge in [0, 0.05) is 26.0 Å². The first-order valence-electron chi connectivity index (χ1n) is 5.42. The van der Waals surface area contributed by atoms with Crippen LogP contribution in [0.2, 0.25) is 0 Å². The minimum atomic E-state index is 0.454. The molecule has 2 aromatic rings. The van der Waals surface area contributed by atoms with Gasteiger partial charge in [-0.15, -0.1) is 0 Å². The van der Waals surface area contributed by atoms with Crippen molar-refractivity contribution in [3.8, 4) is 0 Å². The number of anilines is 1. The van der Waals surface area contributed by atoms with E-state index >= 15 is 0 Å². The minimum Gasteiger partial charge on any atom is -0.358 e. The van der Waals surface area contributed by atoms with Gasteiger partial charge in [-0.3, -0.25) is 0 Å². The maximum absolute atomic E-state index is 5.63. The molecule has 0 aromatic carbocycles. The normalized spacial score (nSPS) is 12.9. The van der Waals surface area contributed by atoms with Crippen LogP contribution in [0.1, 0.15) is 6.92 Å². The lowest BCUT2D eigenvalue weighted by molar-refractivity contribution is 0.587. The van der Waals surface area contributed by atoms with E-state index in [0.717, 1.165) is 17.9 Å². The van der Waals surface area contributed by atoms with Gasteiger partial charge < -0.3 is 10.6 Å². The van der Waals surface area contributed by atoms with Gasteiger partial charge in [-0.25, -0.2) is 9.50 Å². The Bertz CT molecular complexity index is 464. The average Bonchev–Trinajstić information content (AvgIpc) is 2.76. The summed E-state index contributed by atoms with van der Waals surface area (Å²) >= 11 is 0. The molecule has 0 radical (unpaired) electrons. The molecule has 86 valence electrons. The summed E-state index contributed by atoms with van der Waals surface area (Å²) < 4.78 is 1.83. The van der Waals surface area contributed by atoms with Gasteiger partial charge >= 0.3 is 0 Å². The van der Waals surface area contributed by atoms with Crippen LogP contribution < -0.4 is 10.6 Å². The molecular formula is C11H17N5. The van der Waals surface area contributed by atoms with Crippen LogP contribution in [0, 0.1) is 5.92 Å². The molecule has 16 heavy (non-hydrogen) atoms. The Kier molecular flexibility index (Phi) is 3.05. The van der Waals surface area contributed by atoms with Crippen LogP contribution >= 0.6 is 0 Å². The zero-order valence-electron chi connectivity index (χ0n) is 9.67. The molecule has 2 heterocycles. The van der Waals surface area contributed by atoms with E-state index in [9.17, 15) is 0 Å². The van der Waals surface area contributed by atoms with Crippen molar-refractivity contribution in [2.24, 2.45) is 11.7 Å². The van der Waals surface area contributed by atoms with Crippen LogP contribution in [0.25, 0.3) is 5.52 Å². The van der Waals surface area contributed by atoms with Crippen LogP contribution in [0.5, 0.6) is 0 Å². The Morgan fingerprint density at radius 3 is 3.06 bits per heavy atom. The molecule has 5 nitrogen and oxygen atoms in total. The number of hydrogen-bond donors (Lipinski definition) is 1. The topological polar surface area (TPSA) is 59.5 Å². The third-order valence-corrected chi connectivity index (χ3v) is 2.65. The number of rotatable bonds is 4. The molecule has 0 aliphatic carbocycles. The quantitative estimate of drug-likeness (QED) is 0.824. The highest BCUT2D eigenvalue weighted by Crippen LogP contribution is 2.17. The van der Waals surface area contributed by atoms with Crippen molar-refractivity contribution in [2.45, 2.75) is 6.92 Å². The molecule has 0 saturated heterocycles. The summed E-state index contributed by atoms with van der Waals surface area (Å²) in [6, 6.07) is 1.96. The zero-order chi connectivity index (χ0) is 11.5. The van der Waals surface area contributed by atoms with Crippen LogP contribution in [-0.4, -0.2) is 34.7 Å². The largest absolute Gasteiger partial charge is 0.358 e.